The molecule has 0 bridgehead atoms. The van der Waals surface area contributed by atoms with Gasteiger partial charge in [-0.15, -0.1) is 0 Å². The average molecular weight is 197 g/mol. The van der Waals surface area contributed by atoms with Gasteiger partial charge in [0.15, 0.2) is 0 Å². The summed E-state index contributed by atoms with van der Waals surface area (Å²) in [6, 6.07) is 0.694. The second-order valence-electron chi connectivity index (χ2n) is 4.29. The Balaban J connectivity index is 1.71. The van der Waals surface area contributed by atoms with Gasteiger partial charge in [0.05, 0.1) is 0 Å². The van der Waals surface area contributed by atoms with E-state index in [2.05, 4.69) is 15.5 Å². The molecule has 0 aromatic carbocycles. The highest BCUT2D eigenvalue weighted by Crippen LogP contribution is 2.24. The van der Waals surface area contributed by atoms with Crippen molar-refractivity contribution in [1.82, 2.24) is 15.5 Å². The Morgan fingerprint density at radius 3 is 3.14 bits per heavy atom. The molecule has 14 heavy (non-hydrogen) atoms. The molecule has 0 spiro atoms. The van der Waals surface area contributed by atoms with Crippen molar-refractivity contribution in [3.63, 3.8) is 0 Å². The Bertz CT molecular complexity index is 207. The molecule has 80 valence electrons. The van der Waals surface area contributed by atoms with Gasteiger partial charge in [0.1, 0.15) is 0 Å². The third-order valence-corrected chi connectivity index (χ3v) is 3.37. The van der Waals surface area contributed by atoms with E-state index in [-0.39, 0.29) is 5.91 Å². The molecule has 2 aliphatic heterocycles. The van der Waals surface area contributed by atoms with Crippen molar-refractivity contribution in [3.8, 4) is 0 Å². The molecule has 1 amide bonds. The summed E-state index contributed by atoms with van der Waals surface area (Å²) in [5, 5.41) is 6.17. The molecule has 4 nitrogen and oxygen atoms in total. The predicted octanol–water partition coefficient (Wildman–Crippen LogP) is -0.584. The highest BCUT2D eigenvalue weighted by Gasteiger charge is 2.35. The zero-order valence-electron chi connectivity index (χ0n) is 8.75. The fraction of sp³-hybridized carbons (Fsp3) is 0.900. The van der Waals surface area contributed by atoms with Crippen molar-refractivity contribution in [1.29, 1.82) is 0 Å². The number of amides is 1. The van der Waals surface area contributed by atoms with Gasteiger partial charge < -0.3 is 15.5 Å². The molecule has 0 radical (unpaired) electrons. The molecule has 0 saturated carbocycles. The van der Waals surface area contributed by atoms with Crippen molar-refractivity contribution in [2.45, 2.75) is 18.9 Å². The maximum Gasteiger partial charge on any atom is 0.221 e. The van der Waals surface area contributed by atoms with Crippen molar-refractivity contribution >= 4 is 5.91 Å². The molecule has 2 saturated heterocycles. The zero-order chi connectivity index (χ0) is 9.97. The first-order valence-corrected chi connectivity index (χ1v) is 5.46. The van der Waals surface area contributed by atoms with E-state index in [9.17, 15) is 4.79 Å². The number of hydrogen-bond acceptors (Lipinski definition) is 3. The van der Waals surface area contributed by atoms with Crippen molar-refractivity contribution < 1.29 is 4.79 Å². The summed E-state index contributed by atoms with van der Waals surface area (Å²) >= 11 is 0. The van der Waals surface area contributed by atoms with E-state index >= 15 is 0 Å². The largest absolute Gasteiger partial charge is 0.359 e. The van der Waals surface area contributed by atoms with E-state index in [1.807, 2.05) is 0 Å². The van der Waals surface area contributed by atoms with Gasteiger partial charge >= 0.3 is 0 Å². The van der Waals surface area contributed by atoms with Gasteiger partial charge in [-0.2, -0.15) is 0 Å². The molecule has 2 fully saturated rings. The lowest BCUT2D eigenvalue weighted by Crippen LogP contribution is -2.32. The van der Waals surface area contributed by atoms with E-state index in [1.54, 1.807) is 7.05 Å². The summed E-state index contributed by atoms with van der Waals surface area (Å²) in [7, 11) is 1.70. The van der Waals surface area contributed by atoms with Gasteiger partial charge in [-0.25, -0.2) is 0 Å². The summed E-state index contributed by atoms with van der Waals surface area (Å²) < 4.78 is 0. The lowest BCUT2D eigenvalue weighted by atomic mass is 10.1. The Kier molecular flexibility index (Phi) is 3.03. The van der Waals surface area contributed by atoms with Crippen LogP contribution >= 0.6 is 0 Å². The summed E-state index contributed by atoms with van der Waals surface area (Å²) in [6.45, 7) is 4.39. The minimum Gasteiger partial charge on any atom is -0.359 e. The number of likely N-dealkylation sites (tertiary alicyclic amines) is 1. The Hall–Kier alpha value is -0.610. The number of nitrogens with one attached hydrogen (secondary N) is 2. The van der Waals surface area contributed by atoms with Gasteiger partial charge in [-0.3, -0.25) is 4.79 Å². The van der Waals surface area contributed by atoms with Crippen molar-refractivity contribution in [3.05, 3.63) is 0 Å². The van der Waals surface area contributed by atoms with Crippen LogP contribution in [0.25, 0.3) is 0 Å². The van der Waals surface area contributed by atoms with Crippen LogP contribution in [-0.2, 0) is 4.79 Å². The van der Waals surface area contributed by atoms with Crippen LogP contribution in [0.4, 0.5) is 0 Å². The molecule has 2 aliphatic rings. The Morgan fingerprint density at radius 1 is 1.57 bits per heavy atom. The van der Waals surface area contributed by atoms with Crippen LogP contribution in [0.3, 0.4) is 0 Å². The fourth-order valence-corrected chi connectivity index (χ4v) is 2.51. The van der Waals surface area contributed by atoms with Gasteiger partial charge in [-0.05, 0) is 18.9 Å². The summed E-state index contributed by atoms with van der Waals surface area (Å²) in [6.07, 6.45) is 1.94. The highest BCUT2D eigenvalue weighted by atomic mass is 16.1. The van der Waals surface area contributed by atoms with Gasteiger partial charge in [0.2, 0.25) is 5.91 Å². The highest BCUT2D eigenvalue weighted by molar-refractivity contribution is 5.75. The lowest BCUT2D eigenvalue weighted by Gasteiger charge is -2.15. The molecule has 0 aliphatic carbocycles. The van der Waals surface area contributed by atoms with Crippen LogP contribution in [-0.4, -0.2) is 50.1 Å². The van der Waals surface area contributed by atoms with Crippen molar-refractivity contribution in [2.24, 2.45) is 5.92 Å². The Labute approximate surface area is 85.0 Å². The van der Waals surface area contributed by atoms with Crippen LogP contribution in [0, 0.1) is 5.92 Å². The first-order valence-electron chi connectivity index (χ1n) is 5.46. The molecule has 4 heteroatoms. The van der Waals surface area contributed by atoms with Gasteiger partial charge in [-0.1, -0.05) is 0 Å². The van der Waals surface area contributed by atoms with E-state index < -0.39 is 0 Å². The molecule has 2 N–H and O–H groups in total. The summed E-state index contributed by atoms with van der Waals surface area (Å²) in [5.74, 6) is 0.981. The maximum absolute atomic E-state index is 11.1. The molecule has 0 aromatic rings. The second kappa shape index (κ2) is 4.28. The minimum absolute atomic E-state index is 0.148. The number of fused-ring (bicyclic) bond motifs is 1. The maximum atomic E-state index is 11.1. The van der Waals surface area contributed by atoms with Gasteiger partial charge in [0.25, 0.3) is 0 Å². The van der Waals surface area contributed by atoms with Crippen LogP contribution in [0.2, 0.25) is 0 Å². The fourth-order valence-electron chi connectivity index (χ4n) is 2.51. The number of rotatable bonds is 3. The smallest absolute Gasteiger partial charge is 0.221 e. The van der Waals surface area contributed by atoms with E-state index in [0.29, 0.717) is 12.5 Å². The standard InChI is InChI=1S/C10H19N3O/c1-11-10(14)3-5-13-6-8-2-4-12-9(8)7-13/h8-9,12H,2-7H2,1H3,(H,11,14)/t8-,9+/m0/s1. The van der Waals surface area contributed by atoms with E-state index in [0.717, 1.165) is 19.0 Å². The first kappa shape index (κ1) is 9.93. The third-order valence-electron chi connectivity index (χ3n) is 3.37. The van der Waals surface area contributed by atoms with Gasteiger partial charge in [0, 0.05) is 39.1 Å². The number of nitrogens with zero attached hydrogens (tertiary/aromatic N) is 1. The average Bonchev–Trinajstić information content (AvgIpc) is 2.73. The van der Waals surface area contributed by atoms with Crippen LogP contribution in [0.1, 0.15) is 12.8 Å². The third kappa shape index (κ3) is 2.07. The second-order valence-corrected chi connectivity index (χ2v) is 4.29. The Morgan fingerprint density at radius 2 is 2.43 bits per heavy atom. The monoisotopic (exact) mass is 197 g/mol. The summed E-state index contributed by atoms with van der Waals surface area (Å²) in [4.78, 5) is 13.5. The molecule has 2 atom stereocenters. The zero-order valence-corrected chi connectivity index (χ0v) is 8.75. The number of hydrogen-bond donors (Lipinski definition) is 2. The van der Waals surface area contributed by atoms with E-state index in [4.69, 9.17) is 0 Å². The minimum atomic E-state index is 0.148. The SMILES string of the molecule is CNC(=O)CCN1C[C@@H]2CCN[C@@H]2C1. The van der Waals surface area contributed by atoms with Crippen LogP contribution in [0.15, 0.2) is 0 Å². The quantitative estimate of drug-likeness (QED) is 0.636. The van der Waals surface area contributed by atoms with Crippen molar-refractivity contribution in [2.75, 3.05) is 33.2 Å². The predicted molar refractivity (Wildman–Crippen MR) is 55.0 cm³/mol. The normalized spacial score (nSPS) is 31.8. The van der Waals surface area contributed by atoms with Crippen LogP contribution in [0.5, 0.6) is 0 Å². The van der Waals surface area contributed by atoms with Crippen LogP contribution < -0.4 is 10.6 Å². The first-order chi connectivity index (χ1) is 6.79. The molecule has 2 heterocycles. The lowest BCUT2D eigenvalue weighted by molar-refractivity contribution is -0.120. The number of carbonyl (C=O) groups excluding carboxylic acids is 1. The van der Waals surface area contributed by atoms with E-state index in [1.165, 1.54) is 19.5 Å². The summed E-state index contributed by atoms with van der Waals surface area (Å²) in [5.41, 5.74) is 0. The number of carbonyl (C=O) groups is 1. The molecule has 0 unspecified atom stereocenters. The topological polar surface area (TPSA) is 44.4 Å². The molecular weight excluding hydrogens is 178 g/mol. The molecule has 2 rings (SSSR count). The molecule has 0 aromatic heterocycles. The molecular formula is C10H19N3O.